The summed E-state index contributed by atoms with van der Waals surface area (Å²) in [6, 6.07) is 2.71. The maximum atomic E-state index is 12.9. The fraction of sp³-hybridized carbons (Fsp3) is 0.100. The third-order valence-electron chi connectivity index (χ3n) is 1.37. The molecular weight excluding hydrogens is 183 g/mol. The van der Waals surface area contributed by atoms with Gasteiger partial charge in [0.1, 0.15) is 12.4 Å². The van der Waals surface area contributed by atoms with Crippen molar-refractivity contribution in [1.29, 1.82) is 5.26 Å². The third kappa shape index (κ3) is 2.40. The summed E-state index contributed by atoms with van der Waals surface area (Å²) in [7, 11) is 0. The molecule has 1 aromatic rings. The van der Waals surface area contributed by atoms with E-state index in [2.05, 4.69) is 16.8 Å². The molecule has 68 valence electrons. The second-order valence-corrected chi connectivity index (χ2v) is 2.34. The number of aldehydes is 1. The Kier molecular flexibility index (Phi) is 3.34. The molecule has 1 heterocycles. The standard InChI is InChI=1S/C10H5FN2O/c11-9-5-8(3-1-2-4-14)7-13-10(9)6-12/h4-5,7H,2H2. The van der Waals surface area contributed by atoms with Crippen molar-refractivity contribution >= 4 is 6.29 Å². The highest BCUT2D eigenvalue weighted by Gasteiger charge is 2.01. The summed E-state index contributed by atoms with van der Waals surface area (Å²) in [5, 5.41) is 8.39. The number of nitrogens with zero attached hydrogens (tertiary/aromatic N) is 2. The van der Waals surface area contributed by atoms with Crippen LogP contribution < -0.4 is 0 Å². The van der Waals surface area contributed by atoms with Gasteiger partial charge < -0.3 is 4.79 Å². The van der Waals surface area contributed by atoms with Gasteiger partial charge in [0.15, 0.2) is 11.5 Å². The topological polar surface area (TPSA) is 53.8 Å². The van der Waals surface area contributed by atoms with E-state index in [0.29, 0.717) is 11.8 Å². The van der Waals surface area contributed by atoms with Crippen LogP contribution in [0.25, 0.3) is 0 Å². The number of carbonyl (C=O) groups excluding carboxylic acids is 1. The molecule has 0 aliphatic carbocycles. The normalized spacial score (nSPS) is 8.29. The van der Waals surface area contributed by atoms with Gasteiger partial charge in [-0.2, -0.15) is 5.26 Å². The molecule has 0 N–H and O–H groups in total. The van der Waals surface area contributed by atoms with Crippen molar-refractivity contribution in [1.82, 2.24) is 4.98 Å². The molecule has 0 aliphatic rings. The second-order valence-electron chi connectivity index (χ2n) is 2.34. The summed E-state index contributed by atoms with van der Waals surface area (Å²) in [4.78, 5) is 13.5. The van der Waals surface area contributed by atoms with Crippen molar-refractivity contribution in [2.75, 3.05) is 0 Å². The van der Waals surface area contributed by atoms with Crippen molar-refractivity contribution in [3.05, 3.63) is 29.3 Å². The van der Waals surface area contributed by atoms with Gasteiger partial charge in [-0.1, -0.05) is 11.8 Å². The molecule has 0 fully saturated rings. The molecular formula is C10H5FN2O. The molecule has 0 bridgehead atoms. The van der Waals surface area contributed by atoms with E-state index in [1.807, 2.05) is 0 Å². The van der Waals surface area contributed by atoms with Crippen LogP contribution in [0.1, 0.15) is 17.7 Å². The minimum Gasteiger partial charge on any atom is -0.302 e. The number of nitriles is 1. The average molecular weight is 188 g/mol. The average Bonchev–Trinajstić information content (AvgIpc) is 2.18. The predicted octanol–water partition coefficient (Wildman–Crippen LogP) is 1.03. The van der Waals surface area contributed by atoms with Crippen LogP contribution in [-0.4, -0.2) is 11.3 Å². The summed E-state index contributed by atoms with van der Waals surface area (Å²) < 4.78 is 12.9. The van der Waals surface area contributed by atoms with Gasteiger partial charge in [-0.3, -0.25) is 0 Å². The fourth-order valence-electron chi connectivity index (χ4n) is 0.783. The minimum absolute atomic E-state index is 0.0988. The van der Waals surface area contributed by atoms with Crippen molar-refractivity contribution in [3.8, 4) is 17.9 Å². The molecule has 0 aromatic carbocycles. The number of aromatic nitrogens is 1. The Hall–Kier alpha value is -2.20. The molecule has 0 saturated carbocycles. The quantitative estimate of drug-likeness (QED) is 0.488. The Morgan fingerprint density at radius 1 is 1.64 bits per heavy atom. The molecule has 4 heteroatoms. The first-order chi connectivity index (χ1) is 6.77. The Labute approximate surface area is 80.2 Å². The molecule has 0 radical (unpaired) electrons. The van der Waals surface area contributed by atoms with E-state index >= 15 is 0 Å². The van der Waals surface area contributed by atoms with E-state index in [4.69, 9.17) is 5.26 Å². The lowest BCUT2D eigenvalue weighted by atomic mass is 10.2. The number of pyridine rings is 1. The summed E-state index contributed by atoms with van der Waals surface area (Å²) in [5.74, 6) is 4.35. The van der Waals surface area contributed by atoms with E-state index in [-0.39, 0.29) is 12.1 Å². The lowest BCUT2D eigenvalue weighted by Gasteiger charge is -1.92. The highest BCUT2D eigenvalue weighted by molar-refractivity contribution is 5.54. The summed E-state index contributed by atoms with van der Waals surface area (Å²) in [6.07, 6.45) is 2.04. The molecule has 3 nitrogen and oxygen atoms in total. The van der Waals surface area contributed by atoms with E-state index < -0.39 is 5.82 Å². The number of hydrogen-bond acceptors (Lipinski definition) is 3. The van der Waals surface area contributed by atoms with E-state index in [1.54, 1.807) is 6.07 Å². The van der Waals surface area contributed by atoms with Gasteiger partial charge in [0.2, 0.25) is 0 Å². The summed E-state index contributed by atoms with van der Waals surface area (Å²) in [5.41, 5.74) is 0.0919. The lowest BCUT2D eigenvalue weighted by molar-refractivity contribution is -0.107. The SMILES string of the molecule is N#Cc1ncc(C#CCC=O)cc1F. The van der Waals surface area contributed by atoms with Crippen LogP contribution in [-0.2, 0) is 4.79 Å². The van der Waals surface area contributed by atoms with Gasteiger partial charge in [0.25, 0.3) is 0 Å². The lowest BCUT2D eigenvalue weighted by Crippen LogP contribution is -1.90. The van der Waals surface area contributed by atoms with Crippen molar-refractivity contribution in [3.63, 3.8) is 0 Å². The van der Waals surface area contributed by atoms with Crippen LogP contribution in [0.3, 0.4) is 0 Å². The van der Waals surface area contributed by atoms with Gasteiger partial charge in [0.05, 0.1) is 6.42 Å². The van der Waals surface area contributed by atoms with Crippen LogP contribution in [0.15, 0.2) is 12.3 Å². The summed E-state index contributed by atoms with van der Waals surface area (Å²) in [6.45, 7) is 0. The molecule has 0 amide bonds. The van der Waals surface area contributed by atoms with Gasteiger partial charge in [0, 0.05) is 11.8 Å². The van der Waals surface area contributed by atoms with Crippen LogP contribution in [0.5, 0.6) is 0 Å². The molecule has 0 atom stereocenters. The first-order valence-corrected chi connectivity index (χ1v) is 3.76. The molecule has 1 aromatic heterocycles. The Morgan fingerprint density at radius 2 is 2.43 bits per heavy atom. The zero-order valence-electron chi connectivity index (χ0n) is 7.12. The Morgan fingerprint density at radius 3 is 3.00 bits per heavy atom. The Bertz CT molecular complexity index is 451. The smallest absolute Gasteiger partial charge is 0.176 e. The largest absolute Gasteiger partial charge is 0.302 e. The maximum absolute atomic E-state index is 12.9. The molecule has 0 saturated heterocycles. The molecule has 1 rings (SSSR count). The van der Waals surface area contributed by atoms with Gasteiger partial charge in [-0.05, 0) is 6.07 Å². The molecule has 14 heavy (non-hydrogen) atoms. The first-order valence-electron chi connectivity index (χ1n) is 3.76. The zero-order chi connectivity index (χ0) is 10.4. The van der Waals surface area contributed by atoms with Gasteiger partial charge >= 0.3 is 0 Å². The van der Waals surface area contributed by atoms with Crippen molar-refractivity contribution in [2.45, 2.75) is 6.42 Å². The second kappa shape index (κ2) is 4.74. The van der Waals surface area contributed by atoms with Gasteiger partial charge in [-0.15, -0.1) is 0 Å². The summed E-state index contributed by atoms with van der Waals surface area (Å²) >= 11 is 0. The first kappa shape index (κ1) is 9.88. The molecule has 0 spiro atoms. The van der Waals surface area contributed by atoms with E-state index in [0.717, 1.165) is 6.07 Å². The monoisotopic (exact) mass is 188 g/mol. The van der Waals surface area contributed by atoms with Crippen LogP contribution in [0.2, 0.25) is 0 Å². The highest BCUT2D eigenvalue weighted by atomic mass is 19.1. The predicted molar refractivity (Wildman–Crippen MR) is 46.5 cm³/mol. The number of rotatable bonds is 1. The minimum atomic E-state index is -0.703. The van der Waals surface area contributed by atoms with Gasteiger partial charge in [-0.25, -0.2) is 9.37 Å². The highest BCUT2D eigenvalue weighted by Crippen LogP contribution is 2.04. The number of hydrogen-bond donors (Lipinski definition) is 0. The van der Waals surface area contributed by atoms with Crippen LogP contribution in [0, 0.1) is 29.0 Å². The fourth-order valence-corrected chi connectivity index (χ4v) is 0.783. The number of carbonyl (C=O) groups is 1. The third-order valence-corrected chi connectivity index (χ3v) is 1.37. The maximum Gasteiger partial charge on any atom is 0.176 e. The number of halogens is 1. The van der Waals surface area contributed by atoms with Crippen LogP contribution >= 0.6 is 0 Å². The van der Waals surface area contributed by atoms with Crippen molar-refractivity contribution < 1.29 is 9.18 Å². The molecule has 0 aliphatic heterocycles. The Balaban J connectivity index is 2.95. The van der Waals surface area contributed by atoms with E-state index in [9.17, 15) is 9.18 Å². The van der Waals surface area contributed by atoms with Crippen LogP contribution in [0.4, 0.5) is 4.39 Å². The van der Waals surface area contributed by atoms with Crippen molar-refractivity contribution in [2.24, 2.45) is 0 Å². The zero-order valence-corrected chi connectivity index (χ0v) is 7.12. The van der Waals surface area contributed by atoms with E-state index in [1.165, 1.54) is 6.20 Å². The molecule has 0 unspecified atom stereocenters.